The lowest BCUT2D eigenvalue weighted by molar-refractivity contribution is -0.385. The van der Waals surface area contributed by atoms with Gasteiger partial charge in [0.25, 0.3) is 11.2 Å². The molecular weight excluding hydrogens is 681 g/mol. The zero-order chi connectivity index (χ0) is 35.3. The molecule has 0 unspecified atom stereocenters. The van der Waals surface area contributed by atoms with E-state index in [-0.39, 0.29) is 17.5 Å². The molecule has 50 heavy (non-hydrogen) atoms. The van der Waals surface area contributed by atoms with E-state index < -0.39 is 34.1 Å². The molecule has 12 nitrogen and oxygen atoms in total. The van der Waals surface area contributed by atoms with Gasteiger partial charge in [0.05, 0.1) is 31.9 Å². The molecule has 5 aromatic rings. The first-order valence-electron chi connectivity index (χ1n) is 15.6. The lowest BCUT2D eigenvalue weighted by atomic mass is 9.80. The Morgan fingerprint density at radius 3 is 2.12 bits per heavy atom. The lowest BCUT2D eigenvalue weighted by Gasteiger charge is -2.37. The van der Waals surface area contributed by atoms with Gasteiger partial charge in [0, 0.05) is 29.5 Å². The molecule has 0 aliphatic carbocycles. The number of hydrogen-bond donors (Lipinski definition) is 1. The Kier molecular flexibility index (Phi) is 10.7. The third-order valence-electron chi connectivity index (χ3n) is 8.46. The molecular formula is C36H34N4O8S2. The van der Waals surface area contributed by atoms with Gasteiger partial charge in [-0.05, 0) is 64.7 Å². The van der Waals surface area contributed by atoms with Gasteiger partial charge in [-0.25, -0.2) is 9.78 Å². The first kappa shape index (κ1) is 35.0. The number of aryl methyl sites for hydroxylation is 1. The average Bonchev–Trinajstić information content (AvgIpc) is 3.56. The zero-order valence-electron chi connectivity index (χ0n) is 27.4. The van der Waals surface area contributed by atoms with Crippen molar-refractivity contribution in [3.8, 4) is 11.5 Å². The smallest absolute Gasteiger partial charge is 0.330 e. The van der Waals surface area contributed by atoms with Gasteiger partial charge in [0.1, 0.15) is 34.6 Å². The van der Waals surface area contributed by atoms with Gasteiger partial charge in [0.2, 0.25) is 0 Å². The van der Waals surface area contributed by atoms with Crippen molar-refractivity contribution in [2.24, 2.45) is 0 Å². The van der Waals surface area contributed by atoms with Crippen LogP contribution in [0.3, 0.4) is 0 Å². The summed E-state index contributed by atoms with van der Waals surface area (Å²) in [5.41, 5.74) is 0.731. The summed E-state index contributed by atoms with van der Waals surface area (Å²) in [5, 5.41) is 11.5. The third kappa shape index (κ3) is 7.33. The van der Waals surface area contributed by atoms with Gasteiger partial charge in [-0.15, -0.1) is 0 Å². The van der Waals surface area contributed by atoms with Crippen molar-refractivity contribution >= 4 is 27.3 Å². The number of benzene rings is 3. The molecule has 0 saturated carbocycles. The second-order valence-electron chi connectivity index (χ2n) is 11.5. The minimum Gasteiger partial charge on any atom is -0.497 e. The molecule has 3 aromatic carbocycles. The van der Waals surface area contributed by atoms with Crippen LogP contribution in [0.15, 0.2) is 118 Å². The van der Waals surface area contributed by atoms with Crippen molar-refractivity contribution in [2.75, 3.05) is 20.8 Å². The van der Waals surface area contributed by atoms with Gasteiger partial charge in [0.15, 0.2) is 0 Å². The topological polar surface area (TPSA) is 148 Å². The van der Waals surface area contributed by atoms with Crippen LogP contribution in [-0.2, 0) is 15.1 Å². The summed E-state index contributed by atoms with van der Waals surface area (Å²) in [6.07, 6.45) is 1.91. The van der Waals surface area contributed by atoms with Gasteiger partial charge in [-0.2, -0.15) is 0 Å². The van der Waals surface area contributed by atoms with Crippen LogP contribution in [0.2, 0.25) is 0 Å². The number of rotatable bonds is 13. The van der Waals surface area contributed by atoms with E-state index >= 15 is 0 Å². The van der Waals surface area contributed by atoms with Crippen LogP contribution >= 0.6 is 21.6 Å². The summed E-state index contributed by atoms with van der Waals surface area (Å²) < 4.78 is 26.1. The molecule has 3 heterocycles. The fraction of sp³-hybridized carbons (Fsp3) is 0.250. The number of nitrogens with zero attached hydrogens (tertiary/aromatic N) is 3. The molecule has 2 aromatic heterocycles. The Hall–Kier alpha value is -4.89. The van der Waals surface area contributed by atoms with Crippen molar-refractivity contribution in [1.82, 2.24) is 14.5 Å². The van der Waals surface area contributed by atoms with Crippen LogP contribution in [0.4, 0.5) is 5.69 Å². The standard InChI is InChI=1S/C36H34N4O8S2/c1-23-21-39(35(42)38-34(23)41)33-19-31(49-50-32-18-13-27(20-37-32)40(43)44)30(48-33)22-47-36(24-7-5-4-6-8-24,25-9-14-28(45-2)15-10-25)26-11-16-29(46-3)17-12-26/h4-18,20-21,30-31,33H,19,22H2,1-3H3,(H,38,41,42)/t30-,31+,33-/m1/s1. The molecule has 1 N–H and O–H groups in total. The van der Waals surface area contributed by atoms with Crippen LogP contribution in [0, 0.1) is 17.0 Å². The predicted molar refractivity (Wildman–Crippen MR) is 191 cm³/mol. The Morgan fingerprint density at radius 2 is 1.56 bits per heavy atom. The van der Waals surface area contributed by atoms with Crippen LogP contribution in [0.1, 0.15) is 34.9 Å². The lowest BCUT2D eigenvalue weighted by Crippen LogP contribution is -2.37. The highest BCUT2D eigenvalue weighted by Crippen LogP contribution is 2.46. The fourth-order valence-electron chi connectivity index (χ4n) is 5.84. The van der Waals surface area contributed by atoms with E-state index in [4.69, 9.17) is 18.9 Å². The molecule has 0 amide bonds. The molecule has 6 rings (SSSR count). The highest BCUT2D eigenvalue weighted by atomic mass is 33.1. The molecule has 1 aliphatic heterocycles. The minimum atomic E-state index is -1.10. The largest absolute Gasteiger partial charge is 0.497 e. The fourth-order valence-corrected chi connectivity index (χ4v) is 8.37. The van der Waals surface area contributed by atoms with E-state index in [1.54, 1.807) is 27.2 Å². The summed E-state index contributed by atoms with van der Waals surface area (Å²) in [6.45, 7) is 1.73. The summed E-state index contributed by atoms with van der Waals surface area (Å²) in [4.78, 5) is 42.4. The summed E-state index contributed by atoms with van der Waals surface area (Å²) in [7, 11) is 6.06. The van der Waals surface area contributed by atoms with Gasteiger partial charge in [-0.3, -0.25) is 24.5 Å². The molecule has 14 heteroatoms. The van der Waals surface area contributed by atoms with E-state index in [0.717, 1.165) is 16.7 Å². The van der Waals surface area contributed by atoms with Gasteiger partial charge < -0.3 is 18.9 Å². The first-order valence-corrected chi connectivity index (χ1v) is 17.8. The van der Waals surface area contributed by atoms with E-state index in [2.05, 4.69) is 9.97 Å². The van der Waals surface area contributed by atoms with Crippen LogP contribution in [0.25, 0.3) is 0 Å². The number of nitro groups is 1. The van der Waals surface area contributed by atoms with E-state index in [0.29, 0.717) is 28.5 Å². The molecule has 1 fully saturated rings. The quantitative estimate of drug-likeness (QED) is 0.0637. The predicted octanol–water partition coefficient (Wildman–Crippen LogP) is 6.27. The summed E-state index contributed by atoms with van der Waals surface area (Å²) >= 11 is 0. The second kappa shape index (κ2) is 15.3. The number of pyridine rings is 1. The van der Waals surface area contributed by atoms with Crippen LogP contribution < -0.4 is 20.7 Å². The number of aromatic amines is 1. The van der Waals surface area contributed by atoms with Gasteiger partial charge in [-0.1, -0.05) is 65.4 Å². The summed E-state index contributed by atoms with van der Waals surface area (Å²) in [5.74, 6) is 1.39. The number of aromatic nitrogens is 3. The Labute approximate surface area is 295 Å². The average molecular weight is 715 g/mol. The normalized spacial score (nSPS) is 17.4. The Balaban J connectivity index is 1.38. The number of H-pyrrole nitrogens is 1. The van der Waals surface area contributed by atoms with Crippen LogP contribution in [0.5, 0.6) is 11.5 Å². The number of nitrogens with one attached hydrogen (secondary N) is 1. The molecule has 0 radical (unpaired) electrons. The Bertz CT molecular complexity index is 1990. The molecule has 1 aliphatic rings. The van der Waals surface area contributed by atoms with Crippen molar-refractivity contribution in [3.05, 3.63) is 157 Å². The van der Waals surface area contributed by atoms with Crippen molar-refractivity contribution in [3.63, 3.8) is 0 Å². The van der Waals surface area contributed by atoms with Crippen molar-refractivity contribution in [2.45, 2.75) is 41.6 Å². The number of hydrogen-bond acceptors (Lipinski definition) is 11. The summed E-state index contributed by atoms with van der Waals surface area (Å²) in [6, 6.07) is 28.3. The first-order chi connectivity index (χ1) is 24.2. The highest BCUT2D eigenvalue weighted by molar-refractivity contribution is 8.76. The maximum Gasteiger partial charge on any atom is 0.330 e. The van der Waals surface area contributed by atoms with Crippen molar-refractivity contribution in [1.29, 1.82) is 0 Å². The molecule has 1 saturated heterocycles. The SMILES string of the molecule is COc1ccc(C(OC[C@H]2O[C@@H](n3cc(C)c(=O)[nH]c3=O)C[C@@H]2SSc2ccc([N+](=O)[O-])cn2)(c2ccccc2)c2ccc(OC)cc2)cc1. The van der Waals surface area contributed by atoms with E-state index in [9.17, 15) is 19.7 Å². The van der Waals surface area contributed by atoms with E-state index in [1.165, 1.54) is 44.6 Å². The molecule has 0 spiro atoms. The monoisotopic (exact) mass is 714 g/mol. The molecule has 0 bridgehead atoms. The highest BCUT2D eigenvalue weighted by Gasteiger charge is 2.43. The van der Waals surface area contributed by atoms with Gasteiger partial charge >= 0.3 is 5.69 Å². The van der Waals surface area contributed by atoms with E-state index in [1.807, 2.05) is 78.9 Å². The number of methoxy groups -OCH3 is 2. The van der Waals surface area contributed by atoms with Crippen LogP contribution in [-0.4, -0.2) is 51.6 Å². The number of ether oxygens (including phenoxy) is 4. The molecule has 3 atom stereocenters. The van der Waals surface area contributed by atoms with Crippen molar-refractivity contribution < 1.29 is 23.9 Å². The Morgan fingerprint density at radius 1 is 0.940 bits per heavy atom. The second-order valence-corrected chi connectivity index (χ2v) is 13.9. The maximum absolute atomic E-state index is 12.9. The zero-order valence-corrected chi connectivity index (χ0v) is 29.0. The maximum atomic E-state index is 12.9. The minimum absolute atomic E-state index is 0.1000. The molecule has 258 valence electrons. The third-order valence-corrected chi connectivity index (χ3v) is 11.3.